The van der Waals surface area contributed by atoms with Crippen molar-refractivity contribution in [3.63, 3.8) is 0 Å². The molecule has 0 spiro atoms. The van der Waals surface area contributed by atoms with E-state index in [4.69, 9.17) is 16.6 Å². The summed E-state index contributed by atoms with van der Waals surface area (Å²) in [7, 11) is 0. The van der Waals surface area contributed by atoms with Gasteiger partial charge in [-0.15, -0.1) is 0 Å². The number of aliphatic carboxylic acids is 1. The van der Waals surface area contributed by atoms with E-state index in [1.54, 1.807) is 0 Å². The summed E-state index contributed by atoms with van der Waals surface area (Å²) in [6.45, 7) is 0.211. The van der Waals surface area contributed by atoms with Crippen molar-refractivity contribution in [2.45, 2.75) is 31.3 Å². The molecule has 9 heteroatoms. The molecule has 20 heavy (non-hydrogen) atoms. The average molecular weight is 306 g/mol. The molecule has 0 radical (unpaired) electrons. The van der Waals surface area contributed by atoms with Gasteiger partial charge in [0.25, 0.3) is 0 Å². The van der Waals surface area contributed by atoms with Crippen LogP contribution in [0, 0.1) is 0 Å². The van der Waals surface area contributed by atoms with Gasteiger partial charge >= 0.3 is 5.97 Å². The molecular weight excluding hydrogens is 284 g/mol. The van der Waals surface area contributed by atoms with Crippen molar-refractivity contribution < 1.29 is 19.5 Å². The standard InChI is InChI=1S/C11H22N4O4S/c12-4-2-1-3-7(11(18)19)15-10(17)8(6-20)14-9(16)5-13/h7-8,20H,1-6,12-13H2,(H,14,16)(H,15,17)(H,18,19). The maximum Gasteiger partial charge on any atom is 0.326 e. The molecule has 0 saturated carbocycles. The van der Waals surface area contributed by atoms with E-state index in [2.05, 4.69) is 23.3 Å². The number of carbonyl (C=O) groups excluding carboxylic acids is 2. The summed E-state index contributed by atoms with van der Waals surface area (Å²) in [6, 6.07) is -1.92. The van der Waals surface area contributed by atoms with Crippen LogP contribution in [0.1, 0.15) is 19.3 Å². The van der Waals surface area contributed by atoms with Crippen LogP contribution in [0.3, 0.4) is 0 Å². The number of nitrogens with one attached hydrogen (secondary N) is 2. The van der Waals surface area contributed by atoms with Crippen molar-refractivity contribution in [3.05, 3.63) is 0 Å². The molecule has 0 aliphatic heterocycles. The number of carboxylic acids is 1. The molecule has 0 bridgehead atoms. The Morgan fingerprint density at radius 2 is 1.75 bits per heavy atom. The molecule has 0 rings (SSSR count). The highest BCUT2D eigenvalue weighted by Crippen LogP contribution is 2.02. The van der Waals surface area contributed by atoms with E-state index in [0.717, 1.165) is 0 Å². The van der Waals surface area contributed by atoms with Crippen LogP contribution in [-0.4, -0.2) is 53.8 Å². The van der Waals surface area contributed by atoms with E-state index in [-0.39, 0.29) is 18.7 Å². The van der Waals surface area contributed by atoms with E-state index < -0.39 is 29.9 Å². The molecule has 2 atom stereocenters. The summed E-state index contributed by atoms with van der Waals surface area (Å²) < 4.78 is 0. The molecule has 0 heterocycles. The van der Waals surface area contributed by atoms with Crippen molar-refractivity contribution in [1.82, 2.24) is 10.6 Å². The minimum absolute atomic E-state index is 0.0483. The Balaban J connectivity index is 4.47. The van der Waals surface area contributed by atoms with Crippen LogP contribution in [0.4, 0.5) is 0 Å². The van der Waals surface area contributed by atoms with E-state index in [1.807, 2.05) is 0 Å². The first kappa shape index (κ1) is 18.7. The van der Waals surface area contributed by atoms with Crippen molar-refractivity contribution in [2.75, 3.05) is 18.8 Å². The number of hydrogen-bond donors (Lipinski definition) is 6. The van der Waals surface area contributed by atoms with Gasteiger partial charge in [-0.05, 0) is 25.8 Å². The van der Waals surface area contributed by atoms with Gasteiger partial charge in [0.2, 0.25) is 11.8 Å². The predicted octanol–water partition coefficient (Wildman–Crippen LogP) is -1.94. The van der Waals surface area contributed by atoms with Gasteiger partial charge in [0.05, 0.1) is 6.54 Å². The zero-order chi connectivity index (χ0) is 15.5. The van der Waals surface area contributed by atoms with Crippen molar-refractivity contribution in [1.29, 1.82) is 0 Å². The maximum atomic E-state index is 11.9. The van der Waals surface area contributed by atoms with E-state index >= 15 is 0 Å². The van der Waals surface area contributed by atoms with Gasteiger partial charge in [-0.1, -0.05) is 0 Å². The van der Waals surface area contributed by atoms with Gasteiger partial charge < -0.3 is 27.2 Å². The first-order chi connectivity index (χ1) is 9.46. The SMILES string of the molecule is NCCCCC(NC(=O)C(CS)NC(=O)CN)C(=O)O. The molecule has 0 aromatic heterocycles. The fourth-order valence-corrected chi connectivity index (χ4v) is 1.73. The molecule has 0 fully saturated rings. The molecule has 0 aromatic carbocycles. The predicted molar refractivity (Wildman–Crippen MR) is 77.3 cm³/mol. The average Bonchev–Trinajstić information content (AvgIpc) is 2.42. The molecular formula is C11H22N4O4S. The third-order valence-electron chi connectivity index (χ3n) is 2.58. The lowest BCUT2D eigenvalue weighted by molar-refractivity contribution is -0.142. The minimum atomic E-state index is -1.13. The zero-order valence-electron chi connectivity index (χ0n) is 11.2. The Morgan fingerprint density at radius 1 is 1.10 bits per heavy atom. The summed E-state index contributed by atoms with van der Waals surface area (Å²) >= 11 is 3.95. The highest BCUT2D eigenvalue weighted by molar-refractivity contribution is 7.80. The number of amides is 2. The van der Waals surface area contributed by atoms with Gasteiger partial charge in [-0.3, -0.25) is 9.59 Å². The normalized spacial score (nSPS) is 13.3. The first-order valence-electron chi connectivity index (χ1n) is 6.29. The van der Waals surface area contributed by atoms with Crippen LogP contribution < -0.4 is 22.1 Å². The summed E-state index contributed by atoms with van der Waals surface area (Å²) in [4.78, 5) is 34.1. The molecule has 7 N–H and O–H groups in total. The first-order valence-corrected chi connectivity index (χ1v) is 6.93. The molecule has 2 unspecified atom stereocenters. The molecule has 0 aliphatic carbocycles. The van der Waals surface area contributed by atoms with Crippen molar-refractivity contribution >= 4 is 30.4 Å². The highest BCUT2D eigenvalue weighted by atomic mass is 32.1. The van der Waals surface area contributed by atoms with Gasteiger partial charge in [0.15, 0.2) is 0 Å². The number of carbonyl (C=O) groups is 3. The van der Waals surface area contributed by atoms with Crippen LogP contribution in [0.15, 0.2) is 0 Å². The third kappa shape index (κ3) is 7.31. The minimum Gasteiger partial charge on any atom is -0.480 e. The molecule has 0 aromatic rings. The van der Waals surface area contributed by atoms with E-state index in [0.29, 0.717) is 19.4 Å². The third-order valence-corrected chi connectivity index (χ3v) is 2.95. The number of unbranched alkanes of at least 4 members (excludes halogenated alkanes) is 1. The molecule has 8 nitrogen and oxygen atoms in total. The smallest absolute Gasteiger partial charge is 0.326 e. The molecule has 116 valence electrons. The van der Waals surface area contributed by atoms with E-state index in [9.17, 15) is 14.4 Å². The Morgan fingerprint density at radius 3 is 2.20 bits per heavy atom. The second-order valence-electron chi connectivity index (χ2n) is 4.19. The second-order valence-corrected chi connectivity index (χ2v) is 4.56. The van der Waals surface area contributed by atoms with Crippen LogP contribution in [0.5, 0.6) is 0 Å². The number of thiol groups is 1. The van der Waals surface area contributed by atoms with E-state index in [1.165, 1.54) is 0 Å². The number of hydrogen-bond acceptors (Lipinski definition) is 6. The summed E-state index contributed by atoms with van der Waals surface area (Å²) in [5, 5.41) is 13.8. The Kier molecular flexibility index (Phi) is 9.77. The highest BCUT2D eigenvalue weighted by Gasteiger charge is 2.25. The lowest BCUT2D eigenvalue weighted by Gasteiger charge is -2.20. The van der Waals surface area contributed by atoms with Gasteiger partial charge in [0.1, 0.15) is 12.1 Å². The van der Waals surface area contributed by atoms with Crippen molar-refractivity contribution in [2.24, 2.45) is 11.5 Å². The lowest BCUT2D eigenvalue weighted by atomic mass is 10.1. The maximum absolute atomic E-state index is 11.9. The van der Waals surface area contributed by atoms with Gasteiger partial charge in [-0.2, -0.15) is 12.6 Å². The van der Waals surface area contributed by atoms with Gasteiger partial charge in [0, 0.05) is 5.75 Å². The summed E-state index contributed by atoms with van der Waals surface area (Å²) in [5.41, 5.74) is 10.5. The van der Waals surface area contributed by atoms with Crippen molar-refractivity contribution in [3.8, 4) is 0 Å². The molecule has 0 aliphatic rings. The van der Waals surface area contributed by atoms with Gasteiger partial charge in [-0.25, -0.2) is 4.79 Å². The fourth-order valence-electron chi connectivity index (χ4n) is 1.47. The largest absolute Gasteiger partial charge is 0.480 e. The number of carboxylic acid groups (broad SMARTS) is 1. The van der Waals surface area contributed by atoms with Crippen LogP contribution in [0.2, 0.25) is 0 Å². The Bertz CT molecular complexity index is 340. The Hall–Kier alpha value is -1.32. The fraction of sp³-hybridized carbons (Fsp3) is 0.727. The summed E-state index contributed by atoms with van der Waals surface area (Å²) in [6.07, 6.45) is 1.55. The lowest BCUT2D eigenvalue weighted by Crippen LogP contribution is -2.53. The van der Waals surface area contributed by atoms with Crippen LogP contribution in [0.25, 0.3) is 0 Å². The monoisotopic (exact) mass is 306 g/mol. The molecule has 0 saturated heterocycles. The number of nitrogens with two attached hydrogens (primary N) is 2. The quantitative estimate of drug-likeness (QED) is 0.204. The summed E-state index contributed by atoms with van der Waals surface area (Å²) in [5.74, 6) is -2.18. The second kappa shape index (κ2) is 10.5. The number of rotatable bonds is 10. The van der Waals surface area contributed by atoms with Crippen LogP contribution in [-0.2, 0) is 14.4 Å². The van der Waals surface area contributed by atoms with Crippen LogP contribution >= 0.6 is 12.6 Å². The zero-order valence-corrected chi connectivity index (χ0v) is 12.1. The topological polar surface area (TPSA) is 148 Å². The Labute approximate surface area is 123 Å². The molecule has 2 amide bonds.